The van der Waals surface area contributed by atoms with Crippen LogP contribution in [0.3, 0.4) is 0 Å². The molecule has 2 aromatic carbocycles. The molecule has 0 spiro atoms. The lowest BCUT2D eigenvalue weighted by molar-refractivity contribution is -0.145. The van der Waals surface area contributed by atoms with Crippen molar-refractivity contribution in [3.63, 3.8) is 0 Å². The van der Waals surface area contributed by atoms with Gasteiger partial charge in [-0.15, -0.1) is 0 Å². The molecular formula is C36H51N5O7. The van der Waals surface area contributed by atoms with Crippen molar-refractivity contribution in [2.24, 2.45) is 11.8 Å². The molecule has 0 fully saturated rings. The van der Waals surface area contributed by atoms with E-state index in [9.17, 15) is 28.8 Å². The topological polar surface area (TPSA) is 163 Å². The average molecular weight is 666 g/mol. The number of nitrogens with zero attached hydrogens (tertiary/aromatic N) is 1. The molecular weight excluding hydrogens is 614 g/mol. The normalized spacial score (nSPS) is 14.7. The summed E-state index contributed by atoms with van der Waals surface area (Å²) in [5.41, 5.74) is 1.61. The fourth-order valence-electron chi connectivity index (χ4n) is 5.41. The van der Waals surface area contributed by atoms with Gasteiger partial charge in [-0.2, -0.15) is 0 Å². The summed E-state index contributed by atoms with van der Waals surface area (Å²) in [6.07, 6.45) is 0.884. The molecule has 262 valence electrons. The minimum absolute atomic E-state index is 0.130. The summed E-state index contributed by atoms with van der Waals surface area (Å²) < 4.78 is 4.72. The van der Waals surface area contributed by atoms with Gasteiger partial charge in [-0.25, -0.2) is 4.79 Å². The van der Waals surface area contributed by atoms with Crippen LogP contribution in [-0.2, 0) is 46.3 Å². The maximum absolute atomic E-state index is 13.9. The van der Waals surface area contributed by atoms with Crippen LogP contribution in [0.15, 0.2) is 60.7 Å². The van der Waals surface area contributed by atoms with E-state index in [2.05, 4.69) is 21.3 Å². The molecule has 2 aromatic rings. The zero-order valence-corrected chi connectivity index (χ0v) is 29.2. The maximum Gasteiger partial charge on any atom is 0.328 e. The second kappa shape index (κ2) is 19.2. The van der Waals surface area contributed by atoms with E-state index in [-0.39, 0.29) is 30.6 Å². The van der Waals surface area contributed by atoms with Gasteiger partial charge in [0.05, 0.1) is 7.11 Å². The van der Waals surface area contributed by atoms with E-state index in [1.54, 1.807) is 13.8 Å². The summed E-state index contributed by atoms with van der Waals surface area (Å²) >= 11 is 0. The van der Waals surface area contributed by atoms with Crippen LogP contribution in [0, 0.1) is 11.8 Å². The maximum atomic E-state index is 13.9. The Morgan fingerprint density at radius 3 is 1.69 bits per heavy atom. The number of amides is 5. The molecule has 12 nitrogen and oxygen atoms in total. The molecule has 5 amide bonds. The van der Waals surface area contributed by atoms with Gasteiger partial charge in [0.1, 0.15) is 30.2 Å². The first-order valence-electron chi connectivity index (χ1n) is 16.3. The third kappa shape index (κ3) is 11.8. The first-order valence-corrected chi connectivity index (χ1v) is 16.3. The zero-order chi connectivity index (χ0) is 36.0. The predicted molar refractivity (Wildman–Crippen MR) is 182 cm³/mol. The summed E-state index contributed by atoms with van der Waals surface area (Å²) in [4.78, 5) is 80.2. The van der Waals surface area contributed by atoms with Crippen LogP contribution >= 0.6 is 0 Å². The molecule has 0 radical (unpaired) electrons. The van der Waals surface area contributed by atoms with Crippen molar-refractivity contribution in [3.05, 3.63) is 71.8 Å². The van der Waals surface area contributed by atoms with Crippen molar-refractivity contribution in [1.29, 1.82) is 0 Å². The van der Waals surface area contributed by atoms with Crippen LogP contribution in [0.1, 0.15) is 59.1 Å². The fraction of sp³-hybridized carbons (Fsp3) is 0.500. The molecule has 6 atom stereocenters. The number of rotatable bonds is 17. The minimum Gasteiger partial charge on any atom is -0.467 e. The Morgan fingerprint density at radius 1 is 0.708 bits per heavy atom. The zero-order valence-electron chi connectivity index (χ0n) is 29.2. The molecule has 0 aliphatic rings. The summed E-state index contributed by atoms with van der Waals surface area (Å²) in [5.74, 6) is -3.90. The number of carbonyl (C=O) groups is 6. The van der Waals surface area contributed by atoms with E-state index in [1.807, 2.05) is 74.5 Å². The number of hydrogen-bond donors (Lipinski definition) is 4. The van der Waals surface area contributed by atoms with Crippen LogP contribution in [0.5, 0.6) is 0 Å². The van der Waals surface area contributed by atoms with Crippen LogP contribution in [0.25, 0.3) is 0 Å². The molecule has 12 heteroatoms. The Hall–Kier alpha value is -4.74. The lowest BCUT2D eigenvalue weighted by Gasteiger charge is -2.35. The Balaban J connectivity index is 2.33. The second-order valence-electron chi connectivity index (χ2n) is 12.5. The van der Waals surface area contributed by atoms with Crippen molar-refractivity contribution < 1.29 is 33.5 Å². The number of methoxy groups -OCH3 is 1. The molecule has 0 heterocycles. The Bertz CT molecular complexity index is 1390. The van der Waals surface area contributed by atoms with Crippen LogP contribution in [-0.4, -0.2) is 84.8 Å². The lowest BCUT2D eigenvalue weighted by atomic mass is 9.95. The van der Waals surface area contributed by atoms with Gasteiger partial charge in [0.15, 0.2) is 0 Å². The number of ether oxygens (including phenoxy) is 1. The average Bonchev–Trinajstić information content (AvgIpc) is 3.05. The van der Waals surface area contributed by atoms with E-state index in [0.29, 0.717) is 6.42 Å². The Labute approximate surface area is 283 Å². The van der Waals surface area contributed by atoms with Crippen LogP contribution in [0.4, 0.5) is 0 Å². The van der Waals surface area contributed by atoms with E-state index in [4.69, 9.17) is 4.74 Å². The summed E-state index contributed by atoms with van der Waals surface area (Å²) in [5, 5.41) is 10.9. The van der Waals surface area contributed by atoms with Crippen LogP contribution < -0.4 is 21.3 Å². The third-order valence-corrected chi connectivity index (χ3v) is 8.25. The standard InChI is InChI=1S/C36H51N5O7/c1-9-23(4)30(33(44)39-28(20-26-16-12-10-13-17-26)32(43)37-24(5)36(47)48-8)40-34(45)31(22(2)3)41(7)35(46)29(38-25(6)42)21-27-18-14-11-15-19-27/h10-19,22-24,28-31H,9,20-21H2,1-8H3,(H,37,43)(H,38,42)(H,39,44)(H,40,45)/t23-,24-,28-,29-,30-,31-/m0/s1. The molecule has 2 rings (SSSR count). The number of benzene rings is 2. The molecule has 0 aromatic heterocycles. The lowest BCUT2D eigenvalue weighted by Crippen LogP contribution is -2.61. The Morgan fingerprint density at radius 2 is 1.23 bits per heavy atom. The minimum atomic E-state index is -1.07. The predicted octanol–water partition coefficient (Wildman–Crippen LogP) is 2.15. The summed E-state index contributed by atoms with van der Waals surface area (Å²) in [6, 6.07) is 13.4. The number of likely N-dealkylation sites (N-methyl/N-ethyl adjacent to an activating group) is 1. The van der Waals surface area contributed by atoms with Gasteiger partial charge in [0.25, 0.3) is 0 Å². The van der Waals surface area contributed by atoms with Crippen LogP contribution in [0.2, 0.25) is 0 Å². The monoisotopic (exact) mass is 665 g/mol. The smallest absolute Gasteiger partial charge is 0.328 e. The highest BCUT2D eigenvalue weighted by molar-refractivity contribution is 5.96. The van der Waals surface area contributed by atoms with Crippen molar-refractivity contribution in [1.82, 2.24) is 26.2 Å². The van der Waals surface area contributed by atoms with Gasteiger partial charge >= 0.3 is 5.97 Å². The van der Waals surface area contributed by atoms with Gasteiger partial charge in [-0.05, 0) is 29.9 Å². The number of esters is 1. The van der Waals surface area contributed by atoms with E-state index < -0.39 is 59.8 Å². The number of carbonyl (C=O) groups excluding carboxylic acids is 6. The van der Waals surface area contributed by atoms with E-state index >= 15 is 0 Å². The van der Waals surface area contributed by atoms with Crippen molar-refractivity contribution in [2.75, 3.05) is 14.2 Å². The molecule has 0 saturated heterocycles. The van der Waals surface area contributed by atoms with Crippen molar-refractivity contribution >= 4 is 35.5 Å². The highest BCUT2D eigenvalue weighted by Gasteiger charge is 2.37. The molecule has 0 saturated carbocycles. The SMILES string of the molecule is CC[C@H](C)[C@H](NC(=O)[C@H](C(C)C)N(C)C(=O)[C@H](Cc1ccccc1)NC(C)=O)C(=O)N[C@@H](Cc1ccccc1)C(=O)N[C@@H](C)C(=O)OC. The highest BCUT2D eigenvalue weighted by Crippen LogP contribution is 2.16. The molecule has 4 N–H and O–H groups in total. The van der Waals surface area contributed by atoms with Gasteiger partial charge < -0.3 is 30.9 Å². The Kier molecular flexibility index (Phi) is 15.8. The fourth-order valence-corrected chi connectivity index (χ4v) is 5.41. The van der Waals surface area contributed by atoms with E-state index in [1.165, 1.54) is 32.9 Å². The number of hydrogen-bond acceptors (Lipinski definition) is 7. The first kappa shape index (κ1) is 39.4. The molecule has 0 aliphatic heterocycles. The highest BCUT2D eigenvalue weighted by atomic mass is 16.5. The van der Waals surface area contributed by atoms with Gasteiger partial charge in [0.2, 0.25) is 29.5 Å². The van der Waals surface area contributed by atoms with Gasteiger partial charge in [0, 0.05) is 26.8 Å². The van der Waals surface area contributed by atoms with Crippen molar-refractivity contribution in [2.45, 2.75) is 91.0 Å². The largest absolute Gasteiger partial charge is 0.467 e. The van der Waals surface area contributed by atoms with E-state index in [0.717, 1.165) is 11.1 Å². The van der Waals surface area contributed by atoms with Gasteiger partial charge in [-0.1, -0.05) is 94.8 Å². The van der Waals surface area contributed by atoms with Gasteiger partial charge in [-0.3, -0.25) is 24.0 Å². The van der Waals surface area contributed by atoms with Crippen molar-refractivity contribution in [3.8, 4) is 0 Å². The molecule has 48 heavy (non-hydrogen) atoms. The molecule has 0 aliphatic carbocycles. The first-order chi connectivity index (χ1) is 22.7. The number of nitrogens with one attached hydrogen (secondary N) is 4. The quantitative estimate of drug-likeness (QED) is 0.188. The summed E-state index contributed by atoms with van der Waals surface area (Å²) in [6.45, 7) is 10.1. The molecule has 0 unspecified atom stereocenters. The summed E-state index contributed by atoms with van der Waals surface area (Å²) in [7, 11) is 2.72. The molecule has 0 bridgehead atoms. The third-order valence-electron chi connectivity index (χ3n) is 8.25. The second-order valence-corrected chi connectivity index (χ2v) is 12.5.